The van der Waals surface area contributed by atoms with E-state index in [1.165, 1.54) is 0 Å². The van der Waals surface area contributed by atoms with Crippen LogP contribution in [0.1, 0.15) is 19.7 Å². The number of hydrogen-bond donors (Lipinski definition) is 0. The van der Waals surface area contributed by atoms with Gasteiger partial charge >= 0.3 is 0 Å². The van der Waals surface area contributed by atoms with Gasteiger partial charge in [0.15, 0.2) is 0 Å². The lowest BCUT2D eigenvalue weighted by Gasteiger charge is -2.10. The van der Waals surface area contributed by atoms with Crippen molar-refractivity contribution < 1.29 is 9.47 Å². The lowest BCUT2D eigenvalue weighted by molar-refractivity contribution is 0.103. The van der Waals surface area contributed by atoms with Gasteiger partial charge in [-0.05, 0) is 18.1 Å². The highest BCUT2D eigenvalue weighted by molar-refractivity contribution is 6.16. The van der Waals surface area contributed by atoms with Gasteiger partial charge in [-0.15, -0.1) is 11.6 Å². The summed E-state index contributed by atoms with van der Waals surface area (Å²) in [6.07, 6.45) is 0. The van der Waals surface area contributed by atoms with Gasteiger partial charge in [0.2, 0.25) is 0 Å². The highest BCUT2D eigenvalue weighted by atomic mass is 35.5. The Hall–Kier alpha value is -1.26. The third-order valence-corrected chi connectivity index (χ3v) is 3.31. The van der Waals surface area contributed by atoms with Crippen molar-refractivity contribution in [3.63, 3.8) is 0 Å². The molecule has 5 heteroatoms. The highest BCUT2D eigenvalue weighted by Crippen LogP contribution is 2.26. The second-order valence-corrected chi connectivity index (χ2v) is 5.38. The zero-order valence-electron chi connectivity index (χ0n) is 12.2. The van der Waals surface area contributed by atoms with E-state index in [-0.39, 0.29) is 0 Å². The molecule has 1 aromatic carbocycles. The normalized spacial score (nSPS) is 11.4. The van der Waals surface area contributed by atoms with Crippen molar-refractivity contribution >= 4 is 22.6 Å². The van der Waals surface area contributed by atoms with E-state index >= 15 is 0 Å². The third-order valence-electron chi connectivity index (χ3n) is 3.07. The van der Waals surface area contributed by atoms with Crippen molar-refractivity contribution in [2.24, 2.45) is 5.92 Å². The van der Waals surface area contributed by atoms with E-state index in [1.807, 2.05) is 18.2 Å². The van der Waals surface area contributed by atoms with Crippen molar-refractivity contribution in [3.05, 3.63) is 24.0 Å². The molecule has 0 spiro atoms. The van der Waals surface area contributed by atoms with E-state index in [4.69, 9.17) is 21.1 Å². The summed E-state index contributed by atoms with van der Waals surface area (Å²) in [6.45, 7) is 6.46. The molecule has 0 aliphatic heterocycles. The van der Waals surface area contributed by atoms with Crippen LogP contribution in [0.25, 0.3) is 11.0 Å². The highest BCUT2D eigenvalue weighted by Gasteiger charge is 2.13. The van der Waals surface area contributed by atoms with Crippen molar-refractivity contribution in [2.75, 3.05) is 20.3 Å². The van der Waals surface area contributed by atoms with Crippen LogP contribution in [0.3, 0.4) is 0 Å². The molecule has 20 heavy (non-hydrogen) atoms. The topological polar surface area (TPSA) is 36.3 Å². The molecule has 0 saturated heterocycles. The van der Waals surface area contributed by atoms with Crippen LogP contribution in [0.4, 0.5) is 0 Å². The predicted molar refractivity (Wildman–Crippen MR) is 81.5 cm³/mol. The predicted octanol–water partition coefficient (Wildman–Crippen LogP) is 3.46. The monoisotopic (exact) mass is 296 g/mol. The molecule has 0 unspecified atom stereocenters. The number of methoxy groups -OCH3 is 1. The summed E-state index contributed by atoms with van der Waals surface area (Å²) in [5, 5.41) is 0. The summed E-state index contributed by atoms with van der Waals surface area (Å²) >= 11 is 6.00. The first-order chi connectivity index (χ1) is 9.67. The van der Waals surface area contributed by atoms with E-state index in [9.17, 15) is 0 Å². The van der Waals surface area contributed by atoms with Crippen LogP contribution in [0.5, 0.6) is 5.75 Å². The molecule has 0 saturated carbocycles. The van der Waals surface area contributed by atoms with Crippen LogP contribution in [-0.2, 0) is 17.2 Å². The molecule has 1 aromatic heterocycles. The van der Waals surface area contributed by atoms with Crippen molar-refractivity contribution in [1.82, 2.24) is 9.55 Å². The lowest BCUT2D eigenvalue weighted by atomic mass is 10.2. The van der Waals surface area contributed by atoms with Crippen LogP contribution in [0.15, 0.2) is 18.2 Å². The van der Waals surface area contributed by atoms with Crippen molar-refractivity contribution in [1.29, 1.82) is 0 Å². The average molecular weight is 297 g/mol. The molecular weight excluding hydrogens is 276 g/mol. The number of fused-ring (bicyclic) bond motifs is 1. The van der Waals surface area contributed by atoms with E-state index in [0.717, 1.165) is 35.8 Å². The minimum atomic E-state index is 0.377. The number of halogens is 1. The molecule has 110 valence electrons. The number of ether oxygens (including phenoxy) is 2. The van der Waals surface area contributed by atoms with Gasteiger partial charge in [-0.2, -0.15) is 0 Å². The molecule has 0 aliphatic rings. The molecule has 0 aliphatic carbocycles. The van der Waals surface area contributed by atoms with E-state index in [1.54, 1.807) is 7.11 Å². The average Bonchev–Trinajstić information content (AvgIpc) is 2.81. The second-order valence-electron chi connectivity index (χ2n) is 5.11. The van der Waals surface area contributed by atoms with Crippen LogP contribution < -0.4 is 4.74 Å². The Morgan fingerprint density at radius 3 is 2.80 bits per heavy atom. The summed E-state index contributed by atoms with van der Waals surface area (Å²) in [6, 6.07) is 5.91. The molecule has 0 N–H and O–H groups in total. The summed E-state index contributed by atoms with van der Waals surface area (Å²) in [4.78, 5) is 4.57. The van der Waals surface area contributed by atoms with E-state index in [2.05, 4.69) is 23.4 Å². The maximum absolute atomic E-state index is 6.00. The fraction of sp³-hybridized carbons (Fsp3) is 0.533. The molecule has 2 rings (SSSR count). The summed E-state index contributed by atoms with van der Waals surface area (Å²) < 4.78 is 13.1. The van der Waals surface area contributed by atoms with Gasteiger partial charge in [-0.25, -0.2) is 4.98 Å². The molecule has 1 heterocycles. The minimum Gasteiger partial charge on any atom is -0.494 e. The Balaban J connectivity index is 2.22. The number of para-hydroxylation sites is 1. The SMILES string of the molecule is COc1cccc2c1nc(CCl)n2CCOCC(C)C. The second kappa shape index (κ2) is 6.95. The van der Waals surface area contributed by atoms with Gasteiger partial charge in [0.25, 0.3) is 0 Å². The van der Waals surface area contributed by atoms with Crippen LogP contribution in [0, 0.1) is 5.92 Å². The quantitative estimate of drug-likeness (QED) is 0.580. The number of alkyl halides is 1. The van der Waals surface area contributed by atoms with Crippen LogP contribution in [-0.4, -0.2) is 29.9 Å². The van der Waals surface area contributed by atoms with Gasteiger partial charge in [0.1, 0.15) is 17.1 Å². The fourth-order valence-corrected chi connectivity index (χ4v) is 2.36. The Bertz CT molecular complexity index is 566. The van der Waals surface area contributed by atoms with Crippen molar-refractivity contribution in [3.8, 4) is 5.75 Å². The molecular formula is C15H21ClN2O2. The van der Waals surface area contributed by atoms with Gasteiger partial charge < -0.3 is 14.0 Å². The van der Waals surface area contributed by atoms with Gasteiger partial charge in [0.05, 0.1) is 25.1 Å². The first-order valence-electron chi connectivity index (χ1n) is 6.83. The molecule has 4 nitrogen and oxygen atoms in total. The Kier molecular flexibility index (Phi) is 5.26. The Morgan fingerprint density at radius 1 is 1.35 bits per heavy atom. The zero-order valence-corrected chi connectivity index (χ0v) is 13.0. The maximum Gasteiger partial charge on any atom is 0.146 e. The van der Waals surface area contributed by atoms with Gasteiger partial charge in [-0.1, -0.05) is 19.9 Å². The molecule has 0 amide bonds. The number of imidazole rings is 1. The zero-order chi connectivity index (χ0) is 14.5. The smallest absolute Gasteiger partial charge is 0.146 e. The molecule has 2 aromatic rings. The molecule has 0 fully saturated rings. The number of nitrogens with zero attached hydrogens (tertiary/aromatic N) is 2. The summed E-state index contributed by atoms with van der Waals surface area (Å²) in [5.74, 6) is 2.54. The van der Waals surface area contributed by atoms with Crippen LogP contribution >= 0.6 is 11.6 Å². The van der Waals surface area contributed by atoms with E-state index < -0.39 is 0 Å². The Morgan fingerprint density at radius 2 is 2.15 bits per heavy atom. The number of rotatable bonds is 7. The standard InChI is InChI=1S/C15H21ClN2O2/c1-11(2)10-20-8-7-18-12-5-4-6-13(19-3)15(12)17-14(18)9-16/h4-6,11H,7-10H2,1-3H3. The first-order valence-corrected chi connectivity index (χ1v) is 7.36. The molecule has 0 bridgehead atoms. The lowest BCUT2D eigenvalue weighted by Crippen LogP contribution is -2.11. The van der Waals surface area contributed by atoms with Crippen molar-refractivity contribution in [2.45, 2.75) is 26.3 Å². The van der Waals surface area contributed by atoms with Crippen LogP contribution in [0.2, 0.25) is 0 Å². The third kappa shape index (κ3) is 3.25. The molecule has 0 atom stereocenters. The molecule has 0 radical (unpaired) electrons. The number of hydrogen-bond acceptors (Lipinski definition) is 3. The fourth-order valence-electron chi connectivity index (χ4n) is 2.16. The summed E-state index contributed by atoms with van der Waals surface area (Å²) in [5.41, 5.74) is 1.89. The minimum absolute atomic E-state index is 0.377. The summed E-state index contributed by atoms with van der Waals surface area (Å²) in [7, 11) is 1.65. The van der Waals surface area contributed by atoms with Gasteiger partial charge in [0, 0.05) is 13.2 Å². The largest absolute Gasteiger partial charge is 0.494 e. The van der Waals surface area contributed by atoms with E-state index in [0.29, 0.717) is 18.4 Å². The number of benzene rings is 1. The number of aromatic nitrogens is 2. The first kappa shape index (κ1) is 15.1. The maximum atomic E-state index is 6.00. The Labute approximate surface area is 124 Å². The van der Waals surface area contributed by atoms with Gasteiger partial charge in [-0.3, -0.25) is 0 Å².